The van der Waals surface area contributed by atoms with E-state index in [1.54, 1.807) is 25.6 Å². The summed E-state index contributed by atoms with van der Waals surface area (Å²) < 4.78 is 14.9. The summed E-state index contributed by atoms with van der Waals surface area (Å²) >= 11 is 1.58. The first-order chi connectivity index (χ1) is 21.1. The fourth-order valence-corrected chi connectivity index (χ4v) is 6.38. The average molecular weight is 587 g/mol. The van der Waals surface area contributed by atoms with Gasteiger partial charge >= 0.3 is 0 Å². The molecule has 0 saturated heterocycles. The standard InChI is InChI=1S/C34H30N6O2S/c1-22-30-29(19-10-24-8-6-5-7-9-24)31-23(2)37-40(26-13-17-28(42-4)18-14-26)33(31)38(34-35-20-21-43-34)32(30)39(36-22)25-11-15-27(41-3)16-12-25/h5-21,29H,1-4H3. The number of nitrogens with zero attached hydrogens (tertiary/aromatic N) is 6. The van der Waals surface area contributed by atoms with Crippen molar-refractivity contribution < 1.29 is 9.47 Å². The Kier molecular flexibility index (Phi) is 6.79. The summed E-state index contributed by atoms with van der Waals surface area (Å²) in [6.45, 7) is 4.16. The van der Waals surface area contributed by atoms with E-state index in [0.29, 0.717) is 0 Å². The number of aryl methyl sites for hydroxylation is 2. The van der Waals surface area contributed by atoms with Gasteiger partial charge in [-0.2, -0.15) is 10.2 Å². The molecule has 0 fully saturated rings. The van der Waals surface area contributed by atoms with Gasteiger partial charge in [-0.3, -0.25) is 4.90 Å². The third-order valence-corrected chi connectivity index (χ3v) is 8.49. The molecule has 3 aromatic carbocycles. The van der Waals surface area contributed by atoms with Crippen LogP contribution in [-0.2, 0) is 0 Å². The molecule has 4 heterocycles. The Bertz CT molecular complexity index is 1810. The smallest absolute Gasteiger partial charge is 0.196 e. The van der Waals surface area contributed by atoms with E-state index in [-0.39, 0.29) is 5.92 Å². The molecule has 1 aliphatic rings. The molecule has 0 radical (unpaired) electrons. The predicted octanol–water partition coefficient (Wildman–Crippen LogP) is 7.78. The number of ether oxygens (including phenoxy) is 2. The second-order valence-electron chi connectivity index (χ2n) is 10.3. The highest BCUT2D eigenvalue weighted by atomic mass is 32.1. The van der Waals surface area contributed by atoms with Crippen molar-refractivity contribution in [1.82, 2.24) is 24.5 Å². The number of fused-ring (bicyclic) bond motifs is 2. The highest BCUT2D eigenvalue weighted by Crippen LogP contribution is 2.53. The zero-order valence-electron chi connectivity index (χ0n) is 24.3. The van der Waals surface area contributed by atoms with Gasteiger partial charge in [0.1, 0.15) is 23.1 Å². The molecule has 0 saturated carbocycles. The van der Waals surface area contributed by atoms with E-state index in [1.165, 1.54) is 0 Å². The van der Waals surface area contributed by atoms with Crippen LogP contribution < -0.4 is 14.4 Å². The first kappa shape index (κ1) is 26.7. The molecule has 0 atom stereocenters. The van der Waals surface area contributed by atoms with Crippen molar-refractivity contribution in [3.8, 4) is 22.9 Å². The minimum absolute atomic E-state index is 0.0968. The van der Waals surface area contributed by atoms with Crippen LogP contribution in [0.5, 0.6) is 11.5 Å². The van der Waals surface area contributed by atoms with Crippen molar-refractivity contribution in [2.75, 3.05) is 19.1 Å². The van der Waals surface area contributed by atoms with Gasteiger partial charge in [-0.1, -0.05) is 42.5 Å². The van der Waals surface area contributed by atoms with Gasteiger partial charge < -0.3 is 9.47 Å². The Balaban J connectivity index is 1.52. The molecule has 0 amide bonds. The van der Waals surface area contributed by atoms with Crippen LogP contribution in [0.1, 0.15) is 34.0 Å². The van der Waals surface area contributed by atoms with Gasteiger partial charge in [0.05, 0.1) is 37.0 Å². The lowest BCUT2D eigenvalue weighted by Gasteiger charge is -2.33. The lowest BCUT2D eigenvalue weighted by Crippen LogP contribution is -2.25. The van der Waals surface area contributed by atoms with Crippen molar-refractivity contribution >= 4 is 34.2 Å². The first-order valence-electron chi connectivity index (χ1n) is 14.0. The molecule has 0 aliphatic carbocycles. The molecule has 0 spiro atoms. The minimum Gasteiger partial charge on any atom is -0.497 e. The number of anilines is 3. The fraction of sp³-hybridized carbons (Fsp3) is 0.147. The largest absolute Gasteiger partial charge is 0.497 e. The fourth-order valence-electron chi connectivity index (χ4n) is 5.74. The van der Waals surface area contributed by atoms with Gasteiger partial charge in [0.15, 0.2) is 5.13 Å². The highest BCUT2D eigenvalue weighted by Gasteiger charge is 2.41. The third-order valence-electron chi connectivity index (χ3n) is 7.73. The van der Waals surface area contributed by atoms with E-state index in [9.17, 15) is 0 Å². The Hall–Kier alpha value is -5.15. The normalized spacial score (nSPS) is 12.9. The number of hydrogen-bond acceptors (Lipinski definition) is 7. The lowest BCUT2D eigenvalue weighted by atomic mass is 9.86. The van der Waals surface area contributed by atoms with Gasteiger partial charge in [-0.15, -0.1) is 11.3 Å². The predicted molar refractivity (Wildman–Crippen MR) is 171 cm³/mol. The summed E-state index contributed by atoms with van der Waals surface area (Å²) in [6.07, 6.45) is 6.29. The number of methoxy groups -OCH3 is 2. The molecular formula is C34H30N6O2S. The molecule has 214 valence electrons. The number of hydrogen-bond donors (Lipinski definition) is 0. The molecule has 6 aromatic rings. The minimum atomic E-state index is -0.0968. The van der Waals surface area contributed by atoms with E-state index >= 15 is 0 Å². The van der Waals surface area contributed by atoms with Gasteiger partial charge in [0.2, 0.25) is 0 Å². The summed E-state index contributed by atoms with van der Waals surface area (Å²) in [5, 5.41) is 13.1. The molecule has 8 nitrogen and oxygen atoms in total. The van der Waals surface area contributed by atoms with E-state index < -0.39 is 0 Å². The second kappa shape index (κ2) is 10.9. The number of thiazole rings is 1. The Morgan fingerprint density at radius 3 is 1.72 bits per heavy atom. The van der Waals surface area contributed by atoms with Crippen LogP contribution in [0.3, 0.4) is 0 Å². The van der Waals surface area contributed by atoms with Crippen molar-refractivity contribution in [2.24, 2.45) is 0 Å². The molecule has 9 heteroatoms. The van der Waals surface area contributed by atoms with Crippen LogP contribution in [0, 0.1) is 13.8 Å². The Morgan fingerprint density at radius 2 is 1.26 bits per heavy atom. The molecule has 7 rings (SSSR count). The summed E-state index contributed by atoms with van der Waals surface area (Å²) in [7, 11) is 3.35. The van der Waals surface area contributed by atoms with Crippen molar-refractivity contribution in [2.45, 2.75) is 19.8 Å². The lowest BCUT2D eigenvalue weighted by molar-refractivity contribution is 0.414. The SMILES string of the molecule is COc1ccc(-n2nc(C)c3c2N(c2nccs2)c2c(c(C)nn2-c2ccc(OC)cc2)C3C=Cc2ccccc2)cc1. The van der Waals surface area contributed by atoms with Gasteiger partial charge in [0.25, 0.3) is 0 Å². The molecule has 0 N–H and O–H groups in total. The van der Waals surface area contributed by atoms with E-state index in [1.807, 2.05) is 75.5 Å². The second-order valence-corrected chi connectivity index (χ2v) is 11.1. The molecule has 1 aliphatic heterocycles. The summed E-state index contributed by atoms with van der Waals surface area (Å²) in [5.74, 6) is 3.35. The van der Waals surface area contributed by atoms with Gasteiger partial charge in [0, 0.05) is 28.6 Å². The van der Waals surface area contributed by atoms with Gasteiger partial charge in [-0.25, -0.2) is 14.3 Å². The quantitative estimate of drug-likeness (QED) is 0.190. The zero-order chi connectivity index (χ0) is 29.5. The van der Waals surface area contributed by atoms with E-state index in [0.717, 1.165) is 67.7 Å². The first-order valence-corrected chi connectivity index (χ1v) is 14.9. The topological polar surface area (TPSA) is 70.2 Å². The van der Waals surface area contributed by atoms with E-state index in [2.05, 4.69) is 55.2 Å². The molecule has 3 aromatic heterocycles. The highest BCUT2D eigenvalue weighted by molar-refractivity contribution is 7.13. The van der Waals surface area contributed by atoms with E-state index in [4.69, 9.17) is 24.7 Å². The van der Waals surface area contributed by atoms with Crippen molar-refractivity contribution in [3.05, 3.63) is 125 Å². The summed E-state index contributed by atoms with van der Waals surface area (Å²) in [5.41, 5.74) is 7.09. The maximum Gasteiger partial charge on any atom is 0.196 e. The van der Waals surface area contributed by atoms with Crippen LogP contribution in [0.25, 0.3) is 17.5 Å². The molecule has 0 bridgehead atoms. The third kappa shape index (κ3) is 4.58. The number of benzene rings is 3. The molecular weight excluding hydrogens is 556 g/mol. The summed E-state index contributed by atoms with van der Waals surface area (Å²) in [4.78, 5) is 7.01. The Morgan fingerprint density at radius 1 is 0.721 bits per heavy atom. The Labute approximate surface area is 254 Å². The van der Waals surface area contributed by atoms with Crippen LogP contribution in [0.4, 0.5) is 16.8 Å². The zero-order valence-corrected chi connectivity index (χ0v) is 25.1. The van der Waals surface area contributed by atoms with Crippen LogP contribution in [0.15, 0.2) is 96.5 Å². The number of allylic oxidation sites excluding steroid dienone is 1. The van der Waals surface area contributed by atoms with Crippen LogP contribution in [0.2, 0.25) is 0 Å². The summed E-state index contributed by atoms with van der Waals surface area (Å²) in [6, 6.07) is 26.3. The molecule has 0 unspecified atom stereocenters. The van der Waals surface area contributed by atoms with Crippen molar-refractivity contribution in [3.63, 3.8) is 0 Å². The number of rotatable bonds is 7. The molecule has 43 heavy (non-hydrogen) atoms. The number of aromatic nitrogens is 5. The van der Waals surface area contributed by atoms with Crippen molar-refractivity contribution in [1.29, 1.82) is 0 Å². The van der Waals surface area contributed by atoms with Crippen LogP contribution in [-0.4, -0.2) is 38.8 Å². The maximum atomic E-state index is 5.45. The van der Waals surface area contributed by atoms with Crippen LogP contribution >= 0.6 is 11.3 Å². The van der Waals surface area contributed by atoms with Gasteiger partial charge in [-0.05, 0) is 67.9 Å². The average Bonchev–Trinajstić information content (AvgIpc) is 3.79. The monoisotopic (exact) mass is 586 g/mol. The maximum absolute atomic E-state index is 5.45.